The van der Waals surface area contributed by atoms with Gasteiger partial charge >= 0.3 is 0 Å². The van der Waals surface area contributed by atoms with E-state index in [1.165, 1.54) is 11.8 Å². The van der Waals surface area contributed by atoms with Crippen molar-refractivity contribution in [1.82, 2.24) is 10.3 Å². The normalized spacial score (nSPS) is 10.5. The highest BCUT2D eigenvalue weighted by Crippen LogP contribution is 2.23. The van der Waals surface area contributed by atoms with Crippen LogP contribution in [0.3, 0.4) is 0 Å². The zero-order valence-corrected chi connectivity index (χ0v) is 13.7. The first-order valence-corrected chi connectivity index (χ1v) is 8.25. The fraction of sp³-hybridized carbons (Fsp3) is 0.118. The van der Waals surface area contributed by atoms with Gasteiger partial charge in [0.05, 0.1) is 17.0 Å². The van der Waals surface area contributed by atoms with Crippen LogP contribution in [0, 0.1) is 0 Å². The second kappa shape index (κ2) is 7.18. The number of para-hydroxylation sites is 3. The highest BCUT2D eigenvalue weighted by Gasteiger charge is 2.13. The summed E-state index contributed by atoms with van der Waals surface area (Å²) in [6.07, 6.45) is 0. The summed E-state index contributed by atoms with van der Waals surface area (Å²) >= 11 is 1.20. The van der Waals surface area contributed by atoms with E-state index in [4.69, 9.17) is 4.42 Å². The van der Waals surface area contributed by atoms with E-state index in [9.17, 15) is 9.59 Å². The fourth-order valence-corrected chi connectivity index (χ4v) is 2.79. The van der Waals surface area contributed by atoms with Crippen LogP contribution in [0.4, 0.5) is 5.69 Å². The molecule has 0 fully saturated rings. The Balaban J connectivity index is 1.65. The van der Waals surface area contributed by atoms with Crippen LogP contribution < -0.4 is 10.6 Å². The highest BCUT2D eigenvalue weighted by atomic mass is 32.2. The lowest BCUT2D eigenvalue weighted by atomic mass is 10.1. The molecule has 7 heteroatoms. The topological polar surface area (TPSA) is 84.2 Å². The van der Waals surface area contributed by atoms with Gasteiger partial charge < -0.3 is 15.1 Å². The molecule has 1 heterocycles. The van der Waals surface area contributed by atoms with E-state index in [2.05, 4.69) is 15.6 Å². The Morgan fingerprint density at radius 3 is 2.67 bits per heavy atom. The molecule has 0 spiro atoms. The van der Waals surface area contributed by atoms with Gasteiger partial charge in [-0.05, 0) is 24.3 Å². The van der Waals surface area contributed by atoms with Crippen molar-refractivity contribution in [2.24, 2.45) is 0 Å². The van der Waals surface area contributed by atoms with Gasteiger partial charge in [0.2, 0.25) is 5.91 Å². The Morgan fingerprint density at radius 2 is 1.88 bits per heavy atom. The molecule has 0 atom stereocenters. The molecule has 0 bridgehead atoms. The van der Waals surface area contributed by atoms with Gasteiger partial charge in [-0.25, -0.2) is 4.98 Å². The third-order valence-electron chi connectivity index (χ3n) is 3.27. The van der Waals surface area contributed by atoms with Crippen molar-refractivity contribution in [1.29, 1.82) is 0 Å². The molecule has 24 heavy (non-hydrogen) atoms. The summed E-state index contributed by atoms with van der Waals surface area (Å²) in [6, 6.07) is 14.3. The first kappa shape index (κ1) is 16.1. The van der Waals surface area contributed by atoms with Gasteiger partial charge in [0.15, 0.2) is 5.58 Å². The Hall–Kier alpha value is -2.80. The van der Waals surface area contributed by atoms with Crippen molar-refractivity contribution < 1.29 is 14.0 Å². The minimum atomic E-state index is -0.252. The Bertz CT molecular complexity index is 858. The minimum absolute atomic E-state index is 0.134. The molecule has 0 aliphatic carbocycles. The average Bonchev–Trinajstić information content (AvgIpc) is 3.03. The molecule has 3 aromatic rings. The molecule has 0 saturated heterocycles. The summed E-state index contributed by atoms with van der Waals surface area (Å²) in [5.41, 5.74) is 2.33. The Morgan fingerprint density at radius 1 is 1.12 bits per heavy atom. The smallest absolute Gasteiger partial charge is 0.257 e. The number of carbonyl (C=O) groups excluding carboxylic acids is 2. The quantitative estimate of drug-likeness (QED) is 0.697. The lowest BCUT2D eigenvalue weighted by Crippen LogP contribution is -2.22. The average molecular weight is 341 g/mol. The molecule has 0 unspecified atom stereocenters. The summed E-state index contributed by atoms with van der Waals surface area (Å²) in [5.74, 6) is -0.356. The van der Waals surface area contributed by atoms with Gasteiger partial charge in [-0.2, -0.15) is 0 Å². The summed E-state index contributed by atoms with van der Waals surface area (Å²) in [7, 11) is 1.55. The number of fused-ring (bicyclic) bond motifs is 1. The number of rotatable bonds is 5. The van der Waals surface area contributed by atoms with E-state index < -0.39 is 0 Å². The van der Waals surface area contributed by atoms with Crippen molar-refractivity contribution >= 4 is 40.4 Å². The molecule has 3 rings (SSSR count). The van der Waals surface area contributed by atoms with Gasteiger partial charge in [0.25, 0.3) is 11.1 Å². The third-order valence-corrected chi connectivity index (χ3v) is 4.10. The van der Waals surface area contributed by atoms with Crippen molar-refractivity contribution in [3.05, 3.63) is 54.1 Å². The van der Waals surface area contributed by atoms with Crippen molar-refractivity contribution in [2.75, 3.05) is 18.1 Å². The maximum Gasteiger partial charge on any atom is 0.257 e. The molecule has 2 N–H and O–H groups in total. The SMILES string of the molecule is CNC(=O)c1ccccc1NC(=O)CSc1nc2ccccc2o1. The predicted octanol–water partition coefficient (Wildman–Crippen LogP) is 2.92. The molecule has 0 saturated carbocycles. The van der Waals surface area contributed by atoms with Gasteiger partial charge in [0, 0.05) is 7.05 Å². The predicted molar refractivity (Wildman–Crippen MR) is 93.2 cm³/mol. The number of nitrogens with zero attached hydrogens (tertiary/aromatic N) is 1. The number of amides is 2. The molecule has 6 nitrogen and oxygen atoms in total. The first-order chi connectivity index (χ1) is 11.7. The number of aromatic nitrogens is 1. The number of nitrogens with one attached hydrogen (secondary N) is 2. The molecule has 0 radical (unpaired) electrons. The maximum atomic E-state index is 12.1. The van der Waals surface area contributed by atoms with Crippen LogP contribution >= 0.6 is 11.8 Å². The lowest BCUT2D eigenvalue weighted by molar-refractivity contribution is -0.113. The third kappa shape index (κ3) is 3.57. The number of carbonyl (C=O) groups is 2. The highest BCUT2D eigenvalue weighted by molar-refractivity contribution is 7.99. The molecular weight excluding hydrogens is 326 g/mol. The molecule has 0 aliphatic heterocycles. The maximum absolute atomic E-state index is 12.1. The van der Waals surface area contributed by atoms with Gasteiger partial charge in [-0.15, -0.1) is 0 Å². The minimum Gasteiger partial charge on any atom is -0.431 e. The number of oxazole rings is 1. The van der Waals surface area contributed by atoms with E-state index in [0.717, 1.165) is 5.52 Å². The Kier molecular flexibility index (Phi) is 4.81. The largest absolute Gasteiger partial charge is 0.431 e. The number of hydrogen-bond donors (Lipinski definition) is 2. The van der Waals surface area contributed by atoms with E-state index >= 15 is 0 Å². The van der Waals surface area contributed by atoms with E-state index in [1.807, 2.05) is 24.3 Å². The molecular formula is C17H15N3O3S. The number of benzene rings is 2. The molecule has 0 aliphatic rings. The first-order valence-electron chi connectivity index (χ1n) is 7.26. The van der Waals surface area contributed by atoms with Gasteiger partial charge in [-0.3, -0.25) is 9.59 Å². The van der Waals surface area contributed by atoms with Gasteiger partial charge in [-0.1, -0.05) is 36.0 Å². The monoisotopic (exact) mass is 341 g/mol. The summed E-state index contributed by atoms with van der Waals surface area (Å²) in [4.78, 5) is 28.2. The summed E-state index contributed by atoms with van der Waals surface area (Å²) in [6.45, 7) is 0. The van der Waals surface area contributed by atoms with Crippen LogP contribution in [0.5, 0.6) is 0 Å². The molecule has 2 amide bonds. The van der Waals surface area contributed by atoms with E-state index in [-0.39, 0.29) is 17.6 Å². The van der Waals surface area contributed by atoms with Gasteiger partial charge in [0.1, 0.15) is 5.52 Å². The number of thioether (sulfide) groups is 1. The second-order valence-corrected chi connectivity index (χ2v) is 5.84. The van der Waals surface area contributed by atoms with Crippen LogP contribution in [-0.2, 0) is 4.79 Å². The standard InChI is InChI=1S/C17H15N3O3S/c1-18-16(22)11-6-2-3-7-12(11)19-15(21)10-24-17-20-13-8-4-5-9-14(13)23-17/h2-9H,10H2,1H3,(H,18,22)(H,19,21). The van der Waals surface area contributed by atoms with Crippen LogP contribution in [0.15, 0.2) is 58.2 Å². The van der Waals surface area contributed by atoms with E-state index in [1.54, 1.807) is 31.3 Å². The molecule has 2 aromatic carbocycles. The van der Waals surface area contributed by atoms with Crippen molar-refractivity contribution in [2.45, 2.75) is 5.22 Å². The van der Waals surface area contributed by atoms with Crippen molar-refractivity contribution in [3.63, 3.8) is 0 Å². The molecule has 122 valence electrons. The van der Waals surface area contributed by atoms with Crippen LogP contribution in [0.2, 0.25) is 0 Å². The lowest BCUT2D eigenvalue weighted by Gasteiger charge is -2.09. The number of hydrogen-bond acceptors (Lipinski definition) is 5. The van der Waals surface area contributed by atoms with Crippen molar-refractivity contribution in [3.8, 4) is 0 Å². The number of anilines is 1. The van der Waals surface area contributed by atoms with Crippen LogP contribution in [0.1, 0.15) is 10.4 Å². The van der Waals surface area contributed by atoms with Crippen LogP contribution in [0.25, 0.3) is 11.1 Å². The zero-order chi connectivity index (χ0) is 16.9. The second-order valence-electron chi connectivity index (χ2n) is 4.91. The Labute approximate surface area is 142 Å². The van der Waals surface area contributed by atoms with Crippen LogP contribution in [-0.4, -0.2) is 29.6 Å². The fourth-order valence-electron chi connectivity index (χ4n) is 2.15. The van der Waals surface area contributed by atoms with E-state index in [0.29, 0.717) is 22.1 Å². The summed E-state index contributed by atoms with van der Waals surface area (Å²) in [5, 5.41) is 5.72. The zero-order valence-electron chi connectivity index (χ0n) is 12.9. The molecule has 1 aromatic heterocycles. The summed E-state index contributed by atoms with van der Waals surface area (Å²) < 4.78 is 5.56.